The van der Waals surface area contributed by atoms with Gasteiger partial charge in [-0.25, -0.2) is 0 Å². The van der Waals surface area contributed by atoms with Crippen molar-refractivity contribution in [3.05, 3.63) is 0 Å². The van der Waals surface area contributed by atoms with Crippen LogP contribution in [0, 0.1) is 0 Å². The third kappa shape index (κ3) is 3.90. The van der Waals surface area contributed by atoms with Crippen LogP contribution < -0.4 is 0 Å². The Bertz CT molecular complexity index is 155. The zero-order valence-electron chi connectivity index (χ0n) is 5.20. The van der Waals surface area contributed by atoms with Crippen LogP contribution in [-0.2, 0) is 18.1 Å². The van der Waals surface area contributed by atoms with Crippen molar-refractivity contribution >= 4 is 38.5 Å². The van der Waals surface area contributed by atoms with Gasteiger partial charge in [-0.05, 0) is 0 Å². The molecule has 58 valence electrons. The Kier molecular flexibility index (Phi) is 5.73. The Labute approximate surface area is 70.4 Å². The second-order valence-corrected chi connectivity index (χ2v) is 3.49. The Morgan fingerprint density at radius 1 is 1.50 bits per heavy atom. The molecule has 0 radical (unpaired) electrons. The Balaban J connectivity index is 3.70. The van der Waals surface area contributed by atoms with Crippen molar-refractivity contribution in [1.29, 1.82) is 0 Å². The Morgan fingerprint density at radius 2 is 2.10 bits per heavy atom. The van der Waals surface area contributed by atoms with Crippen LogP contribution in [0.4, 0.5) is 0 Å². The molecular formula is C4H6O4Se2. The summed E-state index contributed by atoms with van der Waals surface area (Å²) in [6.07, 6.45) is 0. The first-order valence-electron chi connectivity index (χ1n) is 2.43. The predicted molar refractivity (Wildman–Crippen MR) is 35.6 cm³/mol. The van der Waals surface area contributed by atoms with E-state index in [1.807, 2.05) is 0 Å². The molecule has 0 aromatic carbocycles. The summed E-state index contributed by atoms with van der Waals surface area (Å²) in [6.45, 7) is 1.81. The van der Waals surface area contributed by atoms with E-state index in [0.29, 0.717) is 0 Å². The first kappa shape index (κ1) is 9.98. The standard InChI is InChI=1S/C4H6O4Se2/c1-2-7-3(5)4(6)8-10-9/h10H,2H2,1H3. The monoisotopic (exact) mass is 278 g/mol. The number of hydrogen-bond donors (Lipinski definition) is 0. The van der Waals surface area contributed by atoms with E-state index in [4.69, 9.17) is 0 Å². The molecule has 0 aromatic heterocycles. The molecule has 0 unspecified atom stereocenters. The molecule has 0 aliphatic carbocycles. The van der Waals surface area contributed by atoms with Gasteiger partial charge in [-0.1, -0.05) is 0 Å². The molecule has 0 heterocycles. The van der Waals surface area contributed by atoms with Crippen molar-refractivity contribution in [2.75, 3.05) is 6.61 Å². The SMILES string of the molecule is CCOC(=O)C(=O)O[SeH]=[Se]. The Morgan fingerprint density at radius 3 is 2.50 bits per heavy atom. The van der Waals surface area contributed by atoms with Gasteiger partial charge in [-0.3, -0.25) is 0 Å². The molecule has 0 aliphatic rings. The quantitative estimate of drug-likeness (QED) is 0.351. The summed E-state index contributed by atoms with van der Waals surface area (Å²) in [7, 11) is 0. The second kappa shape index (κ2) is 5.74. The van der Waals surface area contributed by atoms with Gasteiger partial charge in [0.2, 0.25) is 0 Å². The van der Waals surface area contributed by atoms with Crippen LogP contribution in [0.5, 0.6) is 0 Å². The first-order chi connectivity index (χ1) is 4.72. The van der Waals surface area contributed by atoms with Gasteiger partial charge >= 0.3 is 70.2 Å². The van der Waals surface area contributed by atoms with Gasteiger partial charge in [-0.15, -0.1) is 0 Å². The zero-order chi connectivity index (χ0) is 7.98. The van der Waals surface area contributed by atoms with E-state index < -0.39 is 24.9 Å². The summed E-state index contributed by atoms with van der Waals surface area (Å²) in [6, 6.07) is 0. The molecule has 4 nitrogen and oxygen atoms in total. The average Bonchev–Trinajstić information content (AvgIpc) is 1.89. The molecule has 6 heteroatoms. The molecule has 0 rings (SSSR count). The van der Waals surface area contributed by atoms with Gasteiger partial charge in [-0.2, -0.15) is 0 Å². The molecule has 0 amide bonds. The van der Waals surface area contributed by atoms with E-state index in [2.05, 4.69) is 22.2 Å². The normalized spacial score (nSPS) is 8.50. The molecule has 0 saturated heterocycles. The molecule has 0 bridgehead atoms. The second-order valence-electron chi connectivity index (χ2n) is 1.17. The van der Waals surface area contributed by atoms with Crippen molar-refractivity contribution in [3.63, 3.8) is 0 Å². The molecule has 10 heavy (non-hydrogen) atoms. The Hall–Kier alpha value is -0.0210. The third-order valence-electron chi connectivity index (χ3n) is 0.562. The predicted octanol–water partition coefficient (Wildman–Crippen LogP) is -1.47. The summed E-state index contributed by atoms with van der Waals surface area (Å²) in [4.78, 5) is 20.9. The average molecular weight is 276 g/mol. The summed E-state index contributed by atoms with van der Waals surface area (Å²) in [5.74, 6) is -1.84. The molecule has 0 fully saturated rings. The minimum atomic E-state index is -0.923. The minimum absolute atomic E-state index is 0.192. The van der Waals surface area contributed by atoms with Crippen molar-refractivity contribution in [1.82, 2.24) is 0 Å². The molecule has 0 spiro atoms. The van der Waals surface area contributed by atoms with E-state index in [1.54, 1.807) is 6.92 Å². The fourth-order valence-corrected chi connectivity index (χ4v) is 1.30. The molecule has 0 aromatic rings. The van der Waals surface area contributed by atoms with Crippen LogP contribution in [-0.4, -0.2) is 45.1 Å². The van der Waals surface area contributed by atoms with Gasteiger partial charge in [0.1, 0.15) is 0 Å². The maximum atomic E-state index is 10.4. The molecule has 0 atom stereocenters. The van der Waals surface area contributed by atoms with E-state index in [9.17, 15) is 9.59 Å². The van der Waals surface area contributed by atoms with Gasteiger partial charge in [0.25, 0.3) is 0 Å². The summed E-state index contributed by atoms with van der Waals surface area (Å²) in [5, 5.41) is 0. The van der Waals surface area contributed by atoms with Crippen LogP contribution in [0.15, 0.2) is 0 Å². The number of hydrogen-bond acceptors (Lipinski definition) is 4. The van der Waals surface area contributed by atoms with E-state index in [-0.39, 0.29) is 6.61 Å². The number of ether oxygens (including phenoxy) is 1. The van der Waals surface area contributed by atoms with Crippen LogP contribution in [0.25, 0.3) is 0 Å². The van der Waals surface area contributed by atoms with E-state index in [0.717, 1.165) is 0 Å². The van der Waals surface area contributed by atoms with Crippen LogP contribution in [0.2, 0.25) is 0 Å². The molecular weight excluding hydrogens is 270 g/mol. The topological polar surface area (TPSA) is 52.6 Å². The van der Waals surface area contributed by atoms with Gasteiger partial charge in [0.15, 0.2) is 0 Å². The molecule has 0 N–H and O–H groups in total. The van der Waals surface area contributed by atoms with Gasteiger partial charge in [0.05, 0.1) is 0 Å². The van der Waals surface area contributed by atoms with Crippen LogP contribution in [0.1, 0.15) is 6.92 Å². The summed E-state index contributed by atoms with van der Waals surface area (Å²) >= 11 is 1.88. The first-order valence-corrected chi connectivity index (χ1v) is 7.94. The summed E-state index contributed by atoms with van der Waals surface area (Å²) in [5.41, 5.74) is 0. The van der Waals surface area contributed by atoms with E-state index >= 15 is 0 Å². The van der Waals surface area contributed by atoms with Crippen molar-refractivity contribution < 1.29 is 18.1 Å². The van der Waals surface area contributed by atoms with Crippen LogP contribution in [0.3, 0.4) is 0 Å². The zero-order valence-corrected chi connectivity index (χ0v) is 8.79. The van der Waals surface area contributed by atoms with E-state index in [1.165, 1.54) is 0 Å². The van der Waals surface area contributed by atoms with Gasteiger partial charge < -0.3 is 0 Å². The van der Waals surface area contributed by atoms with Gasteiger partial charge in [0, 0.05) is 0 Å². The van der Waals surface area contributed by atoms with Crippen molar-refractivity contribution in [2.24, 2.45) is 0 Å². The maximum absolute atomic E-state index is 10.4. The number of carbonyl (C=O) groups excluding carboxylic acids is 2. The third-order valence-corrected chi connectivity index (χ3v) is 1.88. The number of esters is 1. The fourth-order valence-electron chi connectivity index (χ4n) is 0.261. The summed E-state index contributed by atoms with van der Waals surface area (Å²) < 4.78 is 8.72. The number of rotatable bonds is 2. The molecule has 0 aliphatic heterocycles. The van der Waals surface area contributed by atoms with Crippen molar-refractivity contribution in [3.8, 4) is 0 Å². The van der Waals surface area contributed by atoms with Crippen LogP contribution >= 0.6 is 0 Å². The fraction of sp³-hybridized carbons (Fsp3) is 0.500. The molecule has 0 saturated carbocycles. The van der Waals surface area contributed by atoms with Crippen molar-refractivity contribution in [2.45, 2.75) is 6.92 Å². The number of carbonyl (C=O) groups is 2.